The molecule has 0 saturated heterocycles. The van der Waals surface area contributed by atoms with Crippen LogP contribution in [-0.2, 0) is 0 Å². The highest BCUT2D eigenvalue weighted by Crippen LogP contribution is 2.31. The number of ether oxygens (including phenoxy) is 1. The van der Waals surface area contributed by atoms with Crippen molar-refractivity contribution in [3.05, 3.63) is 23.3 Å². The van der Waals surface area contributed by atoms with Crippen LogP contribution in [0.15, 0.2) is 12.1 Å². The quantitative estimate of drug-likeness (QED) is 0.758. The van der Waals surface area contributed by atoms with Gasteiger partial charge in [0.15, 0.2) is 11.5 Å². The van der Waals surface area contributed by atoms with Gasteiger partial charge < -0.3 is 9.84 Å². The van der Waals surface area contributed by atoms with E-state index in [2.05, 4.69) is 0 Å². The molecule has 1 rings (SSSR count). The highest BCUT2D eigenvalue weighted by atomic mass is 16.5. The van der Waals surface area contributed by atoms with Crippen molar-refractivity contribution in [3.63, 3.8) is 0 Å². The summed E-state index contributed by atoms with van der Waals surface area (Å²) in [6.45, 7) is 7.77. The lowest BCUT2D eigenvalue weighted by Crippen LogP contribution is -2.06. The molecule has 2 nitrogen and oxygen atoms in total. The number of hydrogen-bond acceptors (Lipinski definition) is 2. The molecule has 0 aromatic heterocycles. The van der Waals surface area contributed by atoms with Gasteiger partial charge in [0, 0.05) is 0 Å². The molecule has 2 heteroatoms. The predicted octanol–water partition coefficient (Wildman–Crippen LogP) is 2.80. The number of hydrogen-bond donors (Lipinski definition) is 1. The largest absolute Gasteiger partial charge is 0.504 e. The molecule has 1 aromatic carbocycles. The molecule has 1 aromatic rings. The number of aromatic hydroxyl groups is 1. The fourth-order valence-electron chi connectivity index (χ4n) is 1.32. The Bertz CT molecular complexity index is 280. The van der Waals surface area contributed by atoms with Crippen LogP contribution >= 0.6 is 0 Å². The minimum atomic E-state index is 0.0901. The Labute approximate surface area is 79.2 Å². The summed E-state index contributed by atoms with van der Waals surface area (Å²) in [5.74, 6) is 0.826. The Hall–Kier alpha value is -1.18. The Balaban J connectivity index is 3.06. The van der Waals surface area contributed by atoms with Gasteiger partial charge in [0.25, 0.3) is 0 Å². The van der Waals surface area contributed by atoms with Crippen LogP contribution in [0.5, 0.6) is 11.5 Å². The molecule has 0 bridgehead atoms. The van der Waals surface area contributed by atoms with E-state index in [0.29, 0.717) is 5.75 Å². The van der Waals surface area contributed by atoms with Gasteiger partial charge in [-0.3, -0.25) is 0 Å². The first-order valence-corrected chi connectivity index (χ1v) is 4.47. The minimum Gasteiger partial charge on any atom is -0.504 e. The van der Waals surface area contributed by atoms with E-state index >= 15 is 0 Å². The zero-order chi connectivity index (χ0) is 10.0. The Morgan fingerprint density at radius 1 is 1.23 bits per heavy atom. The van der Waals surface area contributed by atoms with Crippen molar-refractivity contribution in [3.8, 4) is 11.5 Å². The van der Waals surface area contributed by atoms with E-state index < -0.39 is 0 Å². The SMILES string of the molecule is Cc1cc(C)c(OC(C)C)c(O)c1. The molecule has 0 aliphatic carbocycles. The molecule has 72 valence electrons. The molecule has 0 fully saturated rings. The van der Waals surface area contributed by atoms with E-state index in [1.54, 1.807) is 6.07 Å². The number of phenols is 1. The third-order valence-corrected chi connectivity index (χ3v) is 1.75. The van der Waals surface area contributed by atoms with Crippen molar-refractivity contribution in [2.45, 2.75) is 33.8 Å². The van der Waals surface area contributed by atoms with Gasteiger partial charge >= 0.3 is 0 Å². The summed E-state index contributed by atoms with van der Waals surface area (Å²) in [4.78, 5) is 0. The predicted molar refractivity (Wildman–Crippen MR) is 53.3 cm³/mol. The van der Waals surface area contributed by atoms with E-state index in [1.165, 1.54) is 0 Å². The van der Waals surface area contributed by atoms with Crippen LogP contribution in [0.2, 0.25) is 0 Å². The lowest BCUT2D eigenvalue weighted by molar-refractivity contribution is 0.230. The Morgan fingerprint density at radius 3 is 2.31 bits per heavy atom. The molecule has 0 aliphatic rings. The summed E-state index contributed by atoms with van der Waals surface area (Å²) >= 11 is 0. The van der Waals surface area contributed by atoms with Crippen LogP contribution in [0.1, 0.15) is 25.0 Å². The summed E-state index contributed by atoms with van der Waals surface area (Å²) in [7, 11) is 0. The van der Waals surface area contributed by atoms with Gasteiger partial charge in [-0.05, 0) is 44.9 Å². The average molecular weight is 180 g/mol. The second-order valence-corrected chi connectivity index (χ2v) is 3.60. The molecular formula is C11H16O2. The average Bonchev–Trinajstić information content (AvgIpc) is 1.96. The number of benzene rings is 1. The molecule has 0 heterocycles. The summed E-state index contributed by atoms with van der Waals surface area (Å²) in [5, 5.41) is 9.60. The lowest BCUT2D eigenvalue weighted by atomic mass is 10.1. The molecule has 13 heavy (non-hydrogen) atoms. The molecule has 0 atom stereocenters. The standard InChI is InChI=1S/C11H16O2/c1-7(2)13-11-9(4)5-8(3)6-10(11)12/h5-7,12H,1-4H3. The second-order valence-electron chi connectivity index (χ2n) is 3.60. The van der Waals surface area contributed by atoms with E-state index in [1.807, 2.05) is 33.8 Å². The maximum atomic E-state index is 9.60. The zero-order valence-electron chi connectivity index (χ0n) is 8.59. The van der Waals surface area contributed by atoms with E-state index in [-0.39, 0.29) is 11.9 Å². The van der Waals surface area contributed by atoms with Gasteiger partial charge in [0.1, 0.15) is 0 Å². The fraction of sp³-hybridized carbons (Fsp3) is 0.455. The highest BCUT2D eigenvalue weighted by molar-refractivity contribution is 5.47. The molecule has 0 spiro atoms. The van der Waals surface area contributed by atoms with E-state index in [9.17, 15) is 5.11 Å². The topological polar surface area (TPSA) is 29.5 Å². The van der Waals surface area contributed by atoms with Crippen LogP contribution in [0, 0.1) is 13.8 Å². The molecule has 0 aliphatic heterocycles. The zero-order valence-corrected chi connectivity index (χ0v) is 8.59. The molecule has 0 radical (unpaired) electrons. The minimum absolute atomic E-state index is 0.0901. The fourth-order valence-corrected chi connectivity index (χ4v) is 1.32. The molecule has 0 unspecified atom stereocenters. The van der Waals surface area contributed by atoms with Crippen LogP contribution < -0.4 is 4.74 Å². The Kier molecular flexibility index (Phi) is 2.81. The summed E-state index contributed by atoms with van der Waals surface area (Å²) < 4.78 is 5.48. The molecule has 0 amide bonds. The van der Waals surface area contributed by atoms with Crippen LogP contribution in [0.4, 0.5) is 0 Å². The van der Waals surface area contributed by atoms with Crippen molar-refractivity contribution >= 4 is 0 Å². The van der Waals surface area contributed by atoms with Gasteiger partial charge in [-0.1, -0.05) is 6.07 Å². The van der Waals surface area contributed by atoms with Gasteiger partial charge in [-0.25, -0.2) is 0 Å². The van der Waals surface area contributed by atoms with Crippen LogP contribution in [0.25, 0.3) is 0 Å². The molecule has 1 N–H and O–H groups in total. The van der Waals surface area contributed by atoms with Crippen molar-refractivity contribution in [2.75, 3.05) is 0 Å². The first-order chi connectivity index (χ1) is 6.00. The maximum Gasteiger partial charge on any atom is 0.164 e. The van der Waals surface area contributed by atoms with Crippen LogP contribution in [0.3, 0.4) is 0 Å². The summed E-state index contributed by atoms with van der Waals surface area (Å²) in [5.41, 5.74) is 2.03. The summed E-state index contributed by atoms with van der Waals surface area (Å²) in [6, 6.07) is 3.71. The first kappa shape index (κ1) is 9.90. The highest BCUT2D eigenvalue weighted by Gasteiger charge is 2.08. The number of rotatable bonds is 2. The van der Waals surface area contributed by atoms with Crippen molar-refractivity contribution in [1.82, 2.24) is 0 Å². The smallest absolute Gasteiger partial charge is 0.164 e. The third-order valence-electron chi connectivity index (χ3n) is 1.75. The Morgan fingerprint density at radius 2 is 1.85 bits per heavy atom. The van der Waals surface area contributed by atoms with Gasteiger partial charge in [0.2, 0.25) is 0 Å². The monoisotopic (exact) mass is 180 g/mol. The van der Waals surface area contributed by atoms with E-state index in [0.717, 1.165) is 11.1 Å². The lowest BCUT2D eigenvalue weighted by Gasteiger charge is -2.14. The van der Waals surface area contributed by atoms with E-state index in [4.69, 9.17) is 4.74 Å². The van der Waals surface area contributed by atoms with Crippen LogP contribution in [-0.4, -0.2) is 11.2 Å². The molecule has 0 saturated carbocycles. The second kappa shape index (κ2) is 3.69. The molecular weight excluding hydrogens is 164 g/mol. The summed E-state index contributed by atoms with van der Waals surface area (Å²) in [6.07, 6.45) is 0.0901. The van der Waals surface area contributed by atoms with Gasteiger partial charge in [0.05, 0.1) is 6.10 Å². The van der Waals surface area contributed by atoms with Gasteiger partial charge in [-0.2, -0.15) is 0 Å². The van der Waals surface area contributed by atoms with Gasteiger partial charge in [-0.15, -0.1) is 0 Å². The normalized spacial score (nSPS) is 10.5. The van der Waals surface area contributed by atoms with Crippen molar-refractivity contribution < 1.29 is 9.84 Å². The maximum absolute atomic E-state index is 9.60. The third kappa shape index (κ3) is 2.38. The van der Waals surface area contributed by atoms with Crippen molar-refractivity contribution in [1.29, 1.82) is 0 Å². The first-order valence-electron chi connectivity index (χ1n) is 4.47. The number of phenolic OH excluding ortho intramolecular Hbond substituents is 1. The number of aryl methyl sites for hydroxylation is 2. The van der Waals surface area contributed by atoms with Crippen molar-refractivity contribution in [2.24, 2.45) is 0 Å².